The standard InChI is InChI=1S/C17H14BrFO/c18-15-10-14(6-7-16(15)19)17(20)9-11-4-5-12-2-1-3-13(12)8-11/h4-8,10H,1-3,9H2. The molecule has 0 atom stereocenters. The Bertz CT molecular complexity index is 679. The Balaban J connectivity index is 1.80. The number of Topliss-reactive ketones (excluding diaryl/α,β-unsaturated/α-hetero) is 1. The quantitative estimate of drug-likeness (QED) is 0.756. The fourth-order valence-electron chi connectivity index (χ4n) is 2.69. The van der Waals surface area contributed by atoms with Gasteiger partial charge in [0.05, 0.1) is 4.47 Å². The van der Waals surface area contributed by atoms with Crippen molar-refractivity contribution in [2.75, 3.05) is 0 Å². The minimum Gasteiger partial charge on any atom is -0.294 e. The molecule has 20 heavy (non-hydrogen) atoms. The van der Waals surface area contributed by atoms with Crippen molar-refractivity contribution >= 4 is 21.7 Å². The van der Waals surface area contributed by atoms with Crippen molar-refractivity contribution in [3.8, 4) is 0 Å². The van der Waals surface area contributed by atoms with Crippen LogP contribution in [0, 0.1) is 5.82 Å². The Hall–Kier alpha value is -1.48. The maximum Gasteiger partial charge on any atom is 0.167 e. The van der Waals surface area contributed by atoms with Gasteiger partial charge in [-0.15, -0.1) is 0 Å². The van der Waals surface area contributed by atoms with Gasteiger partial charge in [0.25, 0.3) is 0 Å². The molecule has 0 fully saturated rings. The fourth-order valence-corrected chi connectivity index (χ4v) is 3.07. The minimum absolute atomic E-state index is 0.0173. The lowest BCUT2D eigenvalue weighted by atomic mass is 9.99. The zero-order chi connectivity index (χ0) is 14.1. The number of carbonyl (C=O) groups excluding carboxylic acids is 1. The number of hydrogen-bond donors (Lipinski definition) is 0. The molecule has 0 unspecified atom stereocenters. The van der Waals surface area contributed by atoms with Crippen LogP contribution in [0.25, 0.3) is 0 Å². The summed E-state index contributed by atoms with van der Waals surface area (Å²) in [5, 5.41) is 0. The van der Waals surface area contributed by atoms with Gasteiger partial charge in [-0.1, -0.05) is 18.2 Å². The van der Waals surface area contributed by atoms with Crippen LogP contribution in [0.1, 0.15) is 33.5 Å². The summed E-state index contributed by atoms with van der Waals surface area (Å²) in [6, 6.07) is 10.7. The topological polar surface area (TPSA) is 17.1 Å². The number of benzene rings is 2. The van der Waals surface area contributed by atoms with Crippen LogP contribution in [-0.2, 0) is 19.3 Å². The van der Waals surface area contributed by atoms with Gasteiger partial charge in [-0.25, -0.2) is 4.39 Å². The number of rotatable bonds is 3. The average Bonchev–Trinajstić information content (AvgIpc) is 2.89. The molecule has 0 bridgehead atoms. The molecule has 0 aromatic heterocycles. The molecule has 3 heteroatoms. The van der Waals surface area contributed by atoms with Crippen LogP contribution >= 0.6 is 15.9 Å². The molecule has 3 rings (SSSR count). The van der Waals surface area contributed by atoms with E-state index < -0.39 is 0 Å². The van der Waals surface area contributed by atoms with E-state index in [-0.39, 0.29) is 11.6 Å². The van der Waals surface area contributed by atoms with E-state index in [0.717, 1.165) is 18.4 Å². The molecule has 0 N–H and O–H groups in total. The number of aryl methyl sites for hydroxylation is 2. The largest absolute Gasteiger partial charge is 0.294 e. The van der Waals surface area contributed by atoms with Crippen molar-refractivity contribution < 1.29 is 9.18 Å². The fraction of sp³-hybridized carbons (Fsp3) is 0.235. The van der Waals surface area contributed by atoms with Crippen molar-refractivity contribution in [2.45, 2.75) is 25.7 Å². The van der Waals surface area contributed by atoms with Crippen molar-refractivity contribution in [2.24, 2.45) is 0 Å². The van der Waals surface area contributed by atoms with Gasteiger partial charge in [-0.05, 0) is 70.1 Å². The highest BCUT2D eigenvalue weighted by Gasteiger charge is 2.13. The Morgan fingerprint density at radius 2 is 1.90 bits per heavy atom. The summed E-state index contributed by atoms with van der Waals surface area (Å²) < 4.78 is 13.5. The summed E-state index contributed by atoms with van der Waals surface area (Å²) in [5.41, 5.74) is 4.36. The van der Waals surface area contributed by atoms with E-state index in [2.05, 4.69) is 28.1 Å². The first-order chi connectivity index (χ1) is 9.63. The van der Waals surface area contributed by atoms with Crippen molar-refractivity contribution in [3.05, 3.63) is 68.9 Å². The third-order valence-corrected chi connectivity index (χ3v) is 4.38. The number of hydrogen-bond acceptors (Lipinski definition) is 1. The molecule has 0 amide bonds. The lowest BCUT2D eigenvalue weighted by molar-refractivity contribution is 0.0993. The van der Waals surface area contributed by atoms with E-state index >= 15 is 0 Å². The summed E-state index contributed by atoms with van der Waals surface area (Å²) in [6.07, 6.45) is 3.83. The monoisotopic (exact) mass is 332 g/mol. The van der Waals surface area contributed by atoms with Crippen LogP contribution in [0.15, 0.2) is 40.9 Å². The molecular formula is C17H14BrFO. The van der Waals surface area contributed by atoms with E-state index in [1.165, 1.54) is 29.7 Å². The van der Waals surface area contributed by atoms with Crippen molar-refractivity contribution in [1.82, 2.24) is 0 Å². The molecule has 0 spiro atoms. The van der Waals surface area contributed by atoms with Crippen LogP contribution in [0.4, 0.5) is 4.39 Å². The van der Waals surface area contributed by atoms with Crippen LogP contribution in [0.3, 0.4) is 0 Å². The average molecular weight is 333 g/mol. The molecule has 0 saturated heterocycles. The smallest absolute Gasteiger partial charge is 0.167 e. The molecule has 1 aliphatic carbocycles. The van der Waals surface area contributed by atoms with E-state index in [1.54, 1.807) is 6.07 Å². The molecule has 1 nitrogen and oxygen atoms in total. The number of halogens is 2. The van der Waals surface area contributed by atoms with Gasteiger partial charge in [-0.3, -0.25) is 4.79 Å². The first kappa shape index (κ1) is 13.5. The molecule has 0 radical (unpaired) electrons. The molecular weight excluding hydrogens is 319 g/mol. The highest BCUT2D eigenvalue weighted by Crippen LogP contribution is 2.24. The normalized spacial score (nSPS) is 13.3. The van der Waals surface area contributed by atoms with Gasteiger partial charge < -0.3 is 0 Å². The molecule has 102 valence electrons. The number of ketones is 1. The molecule has 0 saturated carbocycles. The lowest BCUT2D eigenvalue weighted by Crippen LogP contribution is -2.04. The Kier molecular flexibility index (Phi) is 3.70. The summed E-state index contributed by atoms with van der Waals surface area (Å²) >= 11 is 3.11. The second kappa shape index (κ2) is 5.49. The second-order valence-electron chi connectivity index (χ2n) is 5.19. The van der Waals surface area contributed by atoms with Crippen LogP contribution in [0.5, 0.6) is 0 Å². The molecule has 2 aromatic rings. The summed E-state index contributed by atoms with van der Waals surface area (Å²) in [7, 11) is 0. The Morgan fingerprint density at radius 3 is 2.70 bits per heavy atom. The van der Waals surface area contributed by atoms with Gasteiger partial charge in [0.1, 0.15) is 5.82 Å². The first-order valence-electron chi connectivity index (χ1n) is 6.72. The lowest BCUT2D eigenvalue weighted by Gasteiger charge is -2.05. The van der Waals surface area contributed by atoms with Crippen LogP contribution in [-0.4, -0.2) is 5.78 Å². The van der Waals surface area contributed by atoms with Gasteiger partial charge in [0.15, 0.2) is 5.78 Å². The zero-order valence-electron chi connectivity index (χ0n) is 11.0. The molecule has 0 heterocycles. The zero-order valence-corrected chi connectivity index (χ0v) is 12.5. The second-order valence-corrected chi connectivity index (χ2v) is 6.04. The highest BCUT2D eigenvalue weighted by atomic mass is 79.9. The Labute approximate surface area is 126 Å². The van der Waals surface area contributed by atoms with Crippen LogP contribution in [0.2, 0.25) is 0 Å². The van der Waals surface area contributed by atoms with E-state index in [0.29, 0.717) is 16.5 Å². The van der Waals surface area contributed by atoms with Gasteiger partial charge in [0, 0.05) is 12.0 Å². The van der Waals surface area contributed by atoms with E-state index in [1.807, 2.05) is 6.07 Å². The maximum absolute atomic E-state index is 13.2. The molecule has 0 aliphatic heterocycles. The van der Waals surface area contributed by atoms with Gasteiger partial charge in [-0.2, -0.15) is 0 Å². The predicted molar refractivity (Wildman–Crippen MR) is 80.6 cm³/mol. The third kappa shape index (κ3) is 2.68. The summed E-state index contributed by atoms with van der Waals surface area (Å²) in [4.78, 5) is 12.2. The first-order valence-corrected chi connectivity index (χ1v) is 7.52. The van der Waals surface area contributed by atoms with E-state index in [4.69, 9.17) is 0 Å². The summed E-state index contributed by atoms with van der Waals surface area (Å²) in [6.45, 7) is 0. The maximum atomic E-state index is 13.2. The SMILES string of the molecule is O=C(Cc1ccc2c(c1)CCC2)c1ccc(F)c(Br)c1. The Morgan fingerprint density at radius 1 is 1.10 bits per heavy atom. The minimum atomic E-state index is -0.348. The van der Waals surface area contributed by atoms with Crippen molar-refractivity contribution in [1.29, 1.82) is 0 Å². The van der Waals surface area contributed by atoms with Crippen LogP contribution < -0.4 is 0 Å². The van der Waals surface area contributed by atoms with Gasteiger partial charge in [0.2, 0.25) is 0 Å². The summed E-state index contributed by atoms with van der Waals surface area (Å²) in [5.74, 6) is -0.331. The predicted octanol–water partition coefficient (Wildman–Crippen LogP) is 4.50. The van der Waals surface area contributed by atoms with Crippen molar-refractivity contribution in [3.63, 3.8) is 0 Å². The van der Waals surface area contributed by atoms with Gasteiger partial charge >= 0.3 is 0 Å². The number of carbonyl (C=O) groups is 1. The highest BCUT2D eigenvalue weighted by molar-refractivity contribution is 9.10. The number of fused-ring (bicyclic) bond motifs is 1. The third-order valence-electron chi connectivity index (χ3n) is 3.77. The molecule has 1 aliphatic rings. The van der Waals surface area contributed by atoms with E-state index in [9.17, 15) is 9.18 Å². The molecule has 2 aromatic carbocycles.